The molecule has 0 spiro atoms. The van der Waals surface area contributed by atoms with Crippen LogP contribution in [0.1, 0.15) is 19.0 Å². The second-order valence-electron chi connectivity index (χ2n) is 4.41. The number of aromatic nitrogens is 4. The molecule has 0 atom stereocenters. The molecular weight excluding hydrogens is 276 g/mol. The minimum atomic E-state index is -0.559. The van der Waals surface area contributed by atoms with E-state index in [4.69, 9.17) is 4.74 Å². The Balaban J connectivity index is 2.38. The fraction of sp³-hybridized carbons (Fsp3) is 0.417. The molecule has 1 N–H and O–H groups in total. The summed E-state index contributed by atoms with van der Waals surface area (Å²) in [6.45, 7) is 4.33. The van der Waals surface area contributed by atoms with Crippen molar-refractivity contribution >= 4 is 11.5 Å². The Kier molecular flexibility index (Phi) is 4.31. The molecule has 2 rings (SSSR count). The molecular formula is C12H16N6O3. The Morgan fingerprint density at radius 2 is 2.24 bits per heavy atom. The number of hydrogen-bond donors (Lipinski definition) is 1. The average Bonchev–Trinajstić information content (AvgIpc) is 2.74. The molecule has 0 radical (unpaired) electrons. The van der Waals surface area contributed by atoms with E-state index in [9.17, 15) is 10.1 Å². The molecule has 0 unspecified atom stereocenters. The molecule has 2 heterocycles. The maximum absolute atomic E-state index is 11.3. The zero-order valence-electron chi connectivity index (χ0n) is 12.0. The van der Waals surface area contributed by atoms with Crippen molar-refractivity contribution in [3.05, 3.63) is 28.2 Å². The Bertz CT molecular complexity index is 654. The van der Waals surface area contributed by atoms with Gasteiger partial charge >= 0.3 is 11.6 Å². The fourth-order valence-electron chi connectivity index (χ4n) is 1.76. The van der Waals surface area contributed by atoms with E-state index in [-0.39, 0.29) is 17.4 Å². The largest absolute Gasteiger partial charge is 0.415 e. The van der Waals surface area contributed by atoms with Gasteiger partial charge in [0.25, 0.3) is 0 Å². The quantitative estimate of drug-likeness (QED) is 0.641. The van der Waals surface area contributed by atoms with Crippen molar-refractivity contribution in [2.24, 2.45) is 7.05 Å². The molecule has 0 aliphatic rings. The van der Waals surface area contributed by atoms with Gasteiger partial charge in [-0.2, -0.15) is 10.1 Å². The van der Waals surface area contributed by atoms with Gasteiger partial charge in [-0.1, -0.05) is 6.92 Å². The summed E-state index contributed by atoms with van der Waals surface area (Å²) >= 11 is 0. The van der Waals surface area contributed by atoms with Crippen LogP contribution in [0.5, 0.6) is 11.8 Å². The number of nitrogens with zero attached hydrogens (tertiary/aromatic N) is 5. The van der Waals surface area contributed by atoms with Crippen LogP contribution in [0, 0.1) is 17.0 Å². The number of hydrogen-bond acceptors (Lipinski definition) is 7. The minimum Gasteiger partial charge on any atom is -0.415 e. The summed E-state index contributed by atoms with van der Waals surface area (Å²) in [6.07, 6.45) is 2.04. The van der Waals surface area contributed by atoms with Gasteiger partial charge in [0.1, 0.15) is 6.33 Å². The molecule has 0 aliphatic carbocycles. The van der Waals surface area contributed by atoms with E-state index in [1.54, 1.807) is 20.0 Å². The Morgan fingerprint density at radius 1 is 1.48 bits per heavy atom. The number of anilines is 1. The van der Waals surface area contributed by atoms with E-state index in [2.05, 4.69) is 20.4 Å². The highest BCUT2D eigenvalue weighted by Crippen LogP contribution is 2.33. The summed E-state index contributed by atoms with van der Waals surface area (Å²) in [4.78, 5) is 18.5. The molecule has 2 aromatic rings. The van der Waals surface area contributed by atoms with E-state index in [1.165, 1.54) is 11.0 Å². The van der Waals surface area contributed by atoms with Gasteiger partial charge in [0.2, 0.25) is 11.7 Å². The lowest BCUT2D eigenvalue weighted by Crippen LogP contribution is -2.08. The SMILES string of the molecule is CCCNc1ncnc(Oc2cc(C)nn2C)c1[N+](=O)[O-]. The first-order valence-corrected chi connectivity index (χ1v) is 6.44. The predicted octanol–water partition coefficient (Wildman–Crippen LogP) is 2.04. The molecule has 21 heavy (non-hydrogen) atoms. The predicted molar refractivity (Wildman–Crippen MR) is 75.5 cm³/mol. The van der Waals surface area contributed by atoms with Gasteiger partial charge in [0, 0.05) is 19.7 Å². The van der Waals surface area contributed by atoms with E-state index in [1.807, 2.05) is 6.92 Å². The van der Waals surface area contributed by atoms with Gasteiger partial charge in [-0.25, -0.2) is 9.67 Å². The number of rotatable bonds is 6. The highest BCUT2D eigenvalue weighted by Gasteiger charge is 2.25. The third-order valence-electron chi connectivity index (χ3n) is 2.67. The lowest BCUT2D eigenvalue weighted by molar-refractivity contribution is -0.385. The smallest absolute Gasteiger partial charge is 0.373 e. The number of ether oxygens (including phenoxy) is 1. The average molecular weight is 292 g/mol. The number of aryl methyl sites for hydroxylation is 2. The van der Waals surface area contributed by atoms with E-state index >= 15 is 0 Å². The zero-order valence-corrected chi connectivity index (χ0v) is 12.0. The maximum atomic E-state index is 11.3. The molecule has 9 heteroatoms. The summed E-state index contributed by atoms with van der Waals surface area (Å²) < 4.78 is 7.00. The normalized spacial score (nSPS) is 10.4. The molecule has 9 nitrogen and oxygen atoms in total. The van der Waals surface area contributed by atoms with Crippen LogP contribution >= 0.6 is 0 Å². The van der Waals surface area contributed by atoms with Gasteiger partial charge < -0.3 is 10.1 Å². The van der Waals surface area contributed by atoms with E-state index in [0.29, 0.717) is 12.4 Å². The van der Waals surface area contributed by atoms with Crippen LogP contribution in [0.15, 0.2) is 12.4 Å². The topological polar surface area (TPSA) is 108 Å². The van der Waals surface area contributed by atoms with Crippen molar-refractivity contribution in [2.45, 2.75) is 20.3 Å². The first-order valence-electron chi connectivity index (χ1n) is 6.44. The van der Waals surface area contributed by atoms with Crippen LogP contribution in [-0.4, -0.2) is 31.2 Å². The summed E-state index contributed by atoms with van der Waals surface area (Å²) in [5, 5.41) is 18.3. The van der Waals surface area contributed by atoms with Crippen LogP contribution in [0.25, 0.3) is 0 Å². The highest BCUT2D eigenvalue weighted by atomic mass is 16.6. The molecule has 0 saturated heterocycles. The Labute approximate surface area is 121 Å². The second kappa shape index (κ2) is 6.16. The Hall–Kier alpha value is -2.71. The van der Waals surface area contributed by atoms with Gasteiger partial charge in [-0.15, -0.1) is 0 Å². The highest BCUT2D eigenvalue weighted by molar-refractivity contribution is 5.61. The molecule has 0 fully saturated rings. The van der Waals surface area contributed by atoms with Crippen molar-refractivity contribution in [1.29, 1.82) is 0 Å². The summed E-state index contributed by atoms with van der Waals surface area (Å²) in [5.74, 6) is 0.401. The van der Waals surface area contributed by atoms with Crippen molar-refractivity contribution < 1.29 is 9.66 Å². The van der Waals surface area contributed by atoms with Crippen LogP contribution in [-0.2, 0) is 7.05 Å². The maximum Gasteiger partial charge on any atom is 0.373 e. The van der Waals surface area contributed by atoms with Crippen LogP contribution in [0.3, 0.4) is 0 Å². The van der Waals surface area contributed by atoms with E-state index < -0.39 is 4.92 Å². The first-order chi connectivity index (χ1) is 10.0. The summed E-state index contributed by atoms with van der Waals surface area (Å²) in [6, 6.07) is 1.67. The van der Waals surface area contributed by atoms with Crippen LogP contribution in [0.2, 0.25) is 0 Å². The zero-order chi connectivity index (χ0) is 15.4. The molecule has 0 amide bonds. The van der Waals surface area contributed by atoms with Gasteiger partial charge in [0.15, 0.2) is 0 Å². The monoisotopic (exact) mass is 292 g/mol. The molecule has 0 aromatic carbocycles. The molecule has 2 aromatic heterocycles. The van der Waals surface area contributed by atoms with Crippen LogP contribution < -0.4 is 10.1 Å². The summed E-state index contributed by atoms with van der Waals surface area (Å²) in [5.41, 5.74) is 0.457. The standard InChI is InChI=1S/C12H16N6O3/c1-4-5-13-11-10(18(19)20)12(15-7-14-11)21-9-6-8(2)16-17(9)3/h6-7H,4-5H2,1-3H3,(H,13,14,15). The van der Waals surface area contributed by atoms with Crippen molar-refractivity contribution in [3.8, 4) is 11.8 Å². The van der Waals surface area contributed by atoms with Crippen molar-refractivity contribution in [3.63, 3.8) is 0 Å². The third-order valence-corrected chi connectivity index (χ3v) is 2.67. The lowest BCUT2D eigenvalue weighted by atomic mass is 10.4. The molecule has 0 aliphatic heterocycles. The number of nitro groups is 1. The van der Waals surface area contributed by atoms with Crippen LogP contribution in [0.4, 0.5) is 11.5 Å². The first kappa shape index (κ1) is 14.7. The fourth-order valence-corrected chi connectivity index (χ4v) is 1.76. The van der Waals surface area contributed by atoms with E-state index in [0.717, 1.165) is 12.1 Å². The van der Waals surface area contributed by atoms with Gasteiger partial charge in [-0.3, -0.25) is 10.1 Å². The van der Waals surface area contributed by atoms with Gasteiger partial charge in [0.05, 0.1) is 10.6 Å². The lowest BCUT2D eigenvalue weighted by Gasteiger charge is -2.08. The minimum absolute atomic E-state index is 0.114. The van der Waals surface area contributed by atoms with Crippen molar-refractivity contribution in [2.75, 3.05) is 11.9 Å². The second-order valence-corrected chi connectivity index (χ2v) is 4.41. The third kappa shape index (κ3) is 3.25. The molecule has 112 valence electrons. The van der Waals surface area contributed by atoms with Gasteiger partial charge in [-0.05, 0) is 13.3 Å². The molecule has 0 bridgehead atoms. The van der Waals surface area contributed by atoms with Crippen molar-refractivity contribution in [1.82, 2.24) is 19.7 Å². The summed E-state index contributed by atoms with van der Waals surface area (Å²) in [7, 11) is 1.69. The number of nitrogens with one attached hydrogen (secondary N) is 1. The Morgan fingerprint density at radius 3 is 2.81 bits per heavy atom. The molecule has 0 saturated carbocycles.